The predicted molar refractivity (Wildman–Crippen MR) is 85.0 cm³/mol. The Morgan fingerprint density at radius 2 is 1.84 bits per heavy atom. The van der Waals surface area contributed by atoms with Crippen LogP contribution in [0.5, 0.6) is 0 Å². The van der Waals surface area contributed by atoms with Crippen LogP contribution in [0.4, 0.5) is 0 Å². The number of rotatable bonds is 8. The maximum atomic E-state index is 11.2. The molecular formula is C16H27NOS. The van der Waals surface area contributed by atoms with Gasteiger partial charge in [-0.2, -0.15) is 0 Å². The number of nitrogens with one attached hydrogen (secondary N) is 1. The molecular weight excluding hydrogens is 254 g/mol. The van der Waals surface area contributed by atoms with Gasteiger partial charge in [-0.1, -0.05) is 37.6 Å². The van der Waals surface area contributed by atoms with Crippen LogP contribution in [-0.4, -0.2) is 22.3 Å². The molecule has 0 saturated carbocycles. The molecule has 3 unspecified atom stereocenters. The van der Waals surface area contributed by atoms with Crippen LogP contribution in [0.1, 0.15) is 50.8 Å². The van der Waals surface area contributed by atoms with Gasteiger partial charge in [0.2, 0.25) is 0 Å². The van der Waals surface area contributed by atoms with E-state index >= 15 is 0 Å². The first-order chi connectivity index (χ1) is 9.02. The van der Waals surface area contributed by atoms with Crippen LogP contribution in [0.2, 0.25) is 0 Å². The quantitative estimate of drug-likeness (QED) is 0.791. The number of hydrogen-bond donors (Lipinski definition) is 1. The first-order valence-electron chi connectivity index (χ1n) is 7.17. The molecule has 1 rings (SSSR count). The third-order valence-electron chi connectivity index (χ3n) is 3.32. The van der Waals surface area contributed by atoms with Crippen molar-refractivity contribution in [2.45, 2.75) is 52.1 Å². The number of aryl methyl sites for hydroxylation is 1. The molecule has 1 aromatic carbocycles. The van der Waals surface area contributed by atoms with Crippen LogP contribution in [0.15, 0.2) is 24.3 Å². The number of hydrogen-bond acceptors (Lipinski definition) is 2. The highest BCUT2D eigenvalue weighted by Gasteiger charge is 2.10. The van der Waals surface area contributed by atoms with E-state index in [-0.39, 0.29) is 6.04 Å². The van der Waals surface area contributed by atoms with Crippen molar-refractivity contribution in [1.29, 1.82) is 0 Å². The van der Waals surface area contributed by atoms with Crippen LogP contribution in [-0.2, 0) is 17.2 Å². The van der Waals surface area contributed by atoms with Crippen molar-refractivity contribution >= 4 is 10.8 Å². The molecule has 3 atom stereocenters. The molecule has 0 aromatic heterocycles. The standard InChI is InChI=1S/C16H27NOS/c1-5-6-7-15-8-10-16(11-9-15)14(3)17-13(2)12-19(4)18/h8-11,13-14,17H,5-7,12H2,1-4H3. The Morgan fingerprint density at radius 1 is 1.21 bits per heavy atom. The summed E-state index contributed by atoms with van der Waals surface area (Å²) < 4.78 is 11.2. The lowest BCUT2D eigenvalue weighted by Crippen LogP contribution is -2.33. The van der Waals surface area contributed by atoms with Gasteiger partial charge in [0.1, 0.15) is 0 Å². The van der Waals surface area contributed by atoms with Crippen molar-refractivity contribution in [2.75, 3.05) is 12.0 Å². The van der Waals surface area contributed by atoms with Crippen LogP contribution >= 0.6 is 0 Å². The molecule has 0 spiro atoms. The van der Waals surface area contributed by atoms with E-state index < -0.39 is 10.8 Å². The van der Waals surface area contributed by atoms with E-state index in [1.807, 2.05) is 0 Å². The van der Waals surface area contributed by atoms with Crippen LogP contribution < -0.4 is 5.32 Å². The van der Waals surface area contributed by atoms with Crippen molar-refractivity contribution in [3.05, 3.63) is 35.4 Å². The van der Waals surface area contributed by atoms with Gasteiger partial charge in [0.25, 0.3) is 0 Å². The minimum absolute atomic E-state index is 0.278. The number of benzene rings is 1. The van der Waals surface area contributed by atoms with E-state index in [2.05, 4.69) is 50.4 Å². The molecule has 0 radical (unpaired) electrons. The molecule has 108 valence electrons. The van der Waals surface area contributed by atoms with Crippen molar-refractivity contribution in [3.8, 4) is 0 Å². The van der Waals surface area contributed by atoms with E-state index in [0.29, 0.717) is 11.8 Å². The van der Waals surface area contributed by atoms with Gasteiger partial charge in [0.05, 0.1) is 0 Å². The average Bonchev–Trinajstić information content (AvgIpc) is 2.35. The Labute approximate surface area is 120 Å². The van der Waals surface area contributed by atoms with E-state index in [4.69, 9.17) is 0 Å². The summed E-state index contributed by atoms with van der Waals surface area (Å²) in [5, 5.41) is 3.50. The Bertz CT molecular complexity index is 388. The smallest absolute Gasteiger partial charge is 0.0383 e. The predicted octanol–water partition coefficient (Wildman–Crippen LogP) is 3.45. The van der Waals surface area contributed by atoms with Gasteiger partial charge in [-0.05, 0) is 37.8 Å². The molecule has 0 fully saturated rings. The fraction of sp³-hybridized carbons (Fsp3) is 0.625. The lowest BCUT2D eigenvalue weighted by Gasteiger charge is -2.20. The van der Waals surface area contributed by atoms with Gasteiger partial charge in [-0.3, -0.25) is 4.21 Å². The second-order valence-electron chi connectivity index (χ2n) is 5.37. The molecule has 1 N–H and O–H groups in total. The zero-order valence-electron chi connectivity index (χ0n) is 12.6. The third kappa shape index (κ3) is 6.35. The van der Waals surface area contributed by atoms with Gasteiger partial charge >= 0.3 is 0 Å². The molecule has 0 amide bonds. The monoisotopic (exact) mass is 281 g/mol. The molecule has 0 aliphatic heterocycles. The van der Waals surface area contributed by atoms with Gasteiger partial charge in [-0.25, -0.2) is 0 Å². The lowest BCUT2D eigenvalue weighted by atomic mass is 10.0. The molecule has 2 nitrogen and oxygen atoms in total. The fourth-order valence-electron chi connectivity index (χ4n) is 2.28. The first kappa shape index (κ1) is 16.4. The maximum absolute atomic E-state index is 11.2. The van der Waals surface area contributed by atoms with Gasteiger partial charge < -0.3 is 5.32 Å². The van der Waals surface area contributed by atoms with Gasteiger partial charge in [0.15, 0.2) is 0 Å². The van der Waals surface area contributed by atoms with Crippen molar-refractivity contribution in [3.63, 3.8) is 0 Å². The lowest BCUT2D eigenvalue weighted by molar-refractivity contribution is 0.508. The van der Waals surface area contributed by atoms with E-state index in [0.717, 1.165) is 0 Å². The SMILES string of the molecule is CCCCc1ccc(C(C)NC(C)CS(C)=O)cc1. The third-order valence-corrected chi connectivity index (χ3v) is 4.29. The normalized spacial score (nSPS) is 16.0. The largest absolute Gasteiger partial charge is 0.307 e. The maximum Gasteiger partial charge on any atom is 0.0383 e. The second-order valence-corrected chi connectivity index (χ2v) is 6.85. The Kier molecular flexibility index (Phi) is 7.32. The van der Waals surface area contributed by atoms with Crippen molar-refractivity contribution in [1.82, 2.24) is 5.32 Å². The highest BCUT2D eigenvalue weighted by atomic mass is 32.2. The van der Waals surface area contributed by atoms with Crippen molar-refractivity contribution in [2.24, 2.45) is 0 Å². The molecule has 19 heavy (non-hydrogen) atoms. The first-order valence-corrected chi connectivity index (χ1v) is 8.90. The summed E-state index contributed by atoms with van der Waals surface area (Å²) in [4.78, 5) is 0. The Balaban J connectivity index is 2.52. The fourth-order valence-corrected chi connectivity index (χ4v) is 3.08. The van der Waals surface area contributed by atoms with Crippen LogP contribution in [0.25, 0.3) is 0 Å². The summed E-state index contributed by atoms with van der Waals surface area (Å²) in [5.74, 6) is 0.707. The molecule has 0 saturated heterocycles. The number of unbranched alkanes of at least 4 members (excludes halogenated alkanes) is 1. The van der Waals surface area contributed by atoms with Crippen LogP contribution in [0.3, 0.4) is 0 Å². The van der Waals surface area contributed by atoms with Gasteiger partial charge in [0, 0.05) is 34.9 Å². The minimum atomic E-state index is -0.738. The van der Waals surface area contributed by atoms with Crippen LogP contribution in [0, 0.1) is 0 Å². The van der Waals surface area contributed by atoms with E-state index in [1.165, 1.54) is 30.4 Å². The Morgan fingerprint density at radius 3 is 2.37 bits per heavy atom. The highest BCUT2D eigenvalue weighted by Crippen LogP contribution is 2.15. The highest BCUT2D eigenvalue weighted by molar-refractivity contribution is 7.84. The zero-order valence-corrected chi connectivity index (χ0v) is 13.4. The molecule has 0 aliphatic rings. The minimum Gasteiger partial charge on any atom is -0.307 e. The molecule has 0 bridgehead atoms. The topological polar surface area (TPSA) is 29.1 Å². The van der Waals surface area contributed by atoms with Crippen molar-refractivity contribution < 1.29 is 4.21 Å². The second kappa shape index (κ2) is 8.49. The summed E-state index contributed by atoms with van der Waals surface area (Å²) >= 11 is 0. The summed E-state index contributed by atoms with van der Waals surface area (Å²) in [5.41, 5.74) is 2.72. The summed E-state index contributed by atoms with van der Waals surface area (Å²) in [6.45, 7) is 6.48. The molecule has 0 heterocycles. The summed E-state index contributed by atoms with van der Waals surface area (Å²) in [6.07, 6.45) is 5.42. The van der Waals surface area contributed by atoms with E-state index in [9.17, 15) is 4.21 Å². The Hall–Kier alpha value is -0.670. The van der Waals surface area contributed by atoms with Gasteiger partial charge in [-0.15, -0.1) is 0 Å². The van der Waals surface area contributed by atoms with E-state index in [1.54, 1.807) is 6.26 Å². The summed E-state index contributed by atoms with van der Waals surface area (Å²) in [6, 6.07) is 9.45. The molecule has 3 heteroatoms. The average molecular weight is 281 g/mol. The summed E-state index contributed by atoms with van der Waals surface area (Å²) in [7, 11) is -0.738. The zero-order chi connectivity index (χ0) is 14.3. The molecule has 1 aromatic rings. The molecule has 0 aliphatic carbocycles.